The first kappa shape index (κ1) is 18.0. The predicted molar refractivity (Wildman–Crippen MR) is 109 cm³/mol. The molecule has 4 rings (SSSR count). The predicted octanol–water partition coefficient (Wildman–Crippen LogP) is 4.01. The fourth-order valence-corrected chi connectivity index (χ4v) is 3.67. The molecule has 4 heteroatoms. The van der Waals surface area contributed by atoms with Gasteiger partial charge in [0.2, 0.25) is 5.91 Å². The van der Waals surface area contributed by atoms with Gasteiger partial charge >= 0.3 is 0 Å². The van der Waals surface area contributed by atoms with Crippen molar-refractivity contribution in [2.45, 2.75) is 26.1 Å². The van der Waals surface area contributed by atoms with Crippen LogP contribution in [0.15, 0.2) is 78.9 Å². The van der Waals surface area contributed by atoms with Crippen molar-refractivity contribution in [3.63, 3.8) is 0 Å². The second kappa shape index (κ2) is 7.69. The van der Waals surface area contributed by atoms with Crippen LogP contribution in [-0.4, -0.2) is 16.7 Å². The zero-order chi connectivity index (χ0) is 19.5. The normalized spacial score (nSPS) is 15.4. The molecule has 0 aliphatic carbocycles. The molecule has 0 fully saturated rings. The largest absolute Gasteiger partial charge is 0.350 e. The number of hydrogen-bond donors (Lipinski definition) is 1. The second-order valence-electron chi connectivity index (χ2n) is 7.05. The van der Waals surface area contributed by atoms with Crippen molar-refractivity contribution < 1.29 is 9.59 Å². The van der Waals surface area contributed by atoms with Gasteiger partial charge in [0, 0.05) is 18.7 Å². The van der Waals surface area contributed by atoms with Crippen molar-refractivity contribution >= 4 is 11.8 Å². The van der Waals surface area contributed by atoms with E-state index in [0.717, 1.165) is 22.3 Å². The van der Waals surface area contributed by atoms with E-state index in [-0.39, 0.29) is 11.8 Å². The standard InChI is InChI=1S/C24H22N2O2/c1-17-9-5-6-12-19(17)16-26-22(20-13-7-8-14-21(20)24(26)28)23(27)25-15-18-10-3-2-4-11-18/h2-14,22H,15-16H2,1H3,(H,25,27). The first-order valence-corrected chi connectivity index (χ1v) is 9.41. The Morgan fingerprint density at radius 1 is 0.929 bits per heavy atom. The van der Waals surface area contributed by atoms with Gasteiger partial charge in [-0.15, -0.1) is 0 Å². The van der Waals surface area contributed by atoms with Crippen molar-refractivity contribution in [2.75, 3.05) is 0 Å². The van der Waals surface area contributed by atoms with E-state index in [0.29, 0.717) is 18.7 Å². The Morgan fingerprint density at radius 2 is 1.61 bits per heavy atom. The number of rotatable bonds is 5. The lowest BCUT2D eigenvalue weighted by Crippen LogP contribution is -2.38. The zero-order valence-corrected chi connectivity index (χ0v) is 15.8. The van der Waals surface area contributed by atoms with Crippen LogP contribution in [0.4, 0.5) is 0 Å². The number of nitrogens with one attached hydrogen (secondary N) is 1. The molecule has 0 spiro atoms. The van der Waals surface area contributed by atoms with E-state index >= 15 is 0 Å². The Balaban J connectivity index is 1.62. The lowest BCUT2D eigenvalue weighted by Gasteiger charge is -2.25. The number of fused-ring (bicyclic) bond motifs is 1. The average molecular weight is 370 g/mol. The number of amides is 2. The van der Waals surface area contributed by atoms with Crippen LogP contribution in [0.1, 0.15) is 38.7 Å². The van der Waals surface area contributed by atoms with Gasteiger partial charge in [-0.05, 0) is 35.2 Å². The molecule has 2 amide bonds. The molecule has 0 saturated heterocycles. The maximum Gasteiger partial charge on any atom is 0.255 e. The van der Waals surface area contributed by atoms with Crippen LogP contribution in [0.3, 0.4) is 0 Å². The summed E-state index contributed by atoms with van der Waals surface area (Å²) < 4.78 is 0. The lowest BCUT2D eigenvalue weighted by molar-refractivity contribution is -0.125. The zero-order valence-electron chi connectivity index (χ0n) is 15.8. The fourth-order valence-electron chi connectivity index (χ4n) is 3.67. The molecular formula is C24H22N2O2. The van der Waals surface area contributed by atoms with Crippen LogP contribution in [0, 0.1) is 6.92 Å². The number of benzene rings is 3. The molecule has 1 N–H and O–H groups in total. The van der Waals surface area contributed by atoms with Crippen LogP contribution >= 0.6 is 0 Å². The molecule has 1 heterocycles. The van der Waals surface area contributed by atoms with E-state index in [9.17, 15) is 9.59 Å². The van der Waals surface area contributed by atoms with Crippen LogP contribution in [-0.2, 0) is 17.9 Å². The molecule has 1 aliphatic heterocycles. The quantitative estimate of drug-likeness (QED) is 0.738. The van der Waals surface area contributed by atoms with Gasteiger partial charge in [0.15, 0.2) is 0 Å². The highest BCUT2D eigenvalue weighted by Gasteiger charge is 2.40. The summed E-state index contributed by atoms with van der Waals surface area (Å²) in [6.45, 7) is 2.86. The summed E-state index contributed by atoms with van der Waals surface area (Å²) in [6.07, 6.45) is 0. The van der Waals surface area contributed by atoms with Crippen molar-refractivity contribution in [1.29, 1.82) is 0 Å². The van der Waals surface area contributed by atoms with E-state index in [1.54, 1.807) is 11.0 Å². The Bertz CT molecular complexity index is 1010. The van der Waals surface area contributed by atoms with E-state index in [2.05, 4.69) is 5.32 Å². The highest BCUT2D eigenvalue weighted by atomic mass is 16.2. The van der Waals surface area contributed by atoms with Gasteiger partial charge in [-0.1, -0.05) is 72.8 Å². The van der Waals surface area contributed by atoms with Crippen LogP contribution in [0.25, 0.3) is 0 Å². The Kier molecular flexibility index (Phi) is 4.94. The minimum absolute atomic E-state index is 0.0984. The van der Waals surface area contributed by atoms with Crippen molar-refractivity contribution in [1.82, 2.24) is 10.2 Å². The molecule has 0 aromatic heterocycles. The highest BCUT2D eigenvalue weighted by molar-refractivity contribution is 6.04. The molecule has 0 saturated carbocycles. The van der Waals surface area contributed by atoms with Gasteiger partial charge in [0.05, 0.1) is 0 Å². The van der Waals surface area contributed by atoms with Crippen molar-refractivity contribution in [2.24, 2.45) is 0 Å². The summed E-state index contributed by atoms with van der Waals surface area (Å²) in [5.41, 5.74) is 4.56. The van der Waals surface area contributed by atoms with E-state index in [1.807, 2.05) is 79.7 Å². The third kappa shape index (κ3) is 3.41. The summed E-state index contributed by atoms with van der Waals surface area (Å²) in [7, 11) is 0. The highest BCUT2D eigenvalue weighted by Crippen LogP contribution is 2.35. The topological polar surface area (TPSA) is 49.4 Å². The SMILES string of the molecule is Cc1ccccc1CN1C(=O)c2ccccc2C1C(=O)NCc1ccccc1. The van der Waals surface area contributed by atoms with Crippen LogP contribution < -0.4 is 5.32 Å². The number of hydrogen-bond acceptors (Lipinski definition) is 2. The maximum atomic E-state index is 13.1. The fraction of sp³-hybridized carbons (Fsp3) is 0.167. The third-order valence-electron chi connectivity index (χ3n) is 5.22. The van der Waals surface area contributed by atoms with Crippen LogP contribution in [0.2, 0.25) is 0 Å². The first-order chi connectivity index (χ1) is 13.6. The third-order valence-corrected chi connectivity index (χ3v) is 5.22. The molecule has 140 valence electrons. The van der Waals surface area contributed by atoms with E-state index < -0.39 is 6.04 Å². The molecule has 3 aromatic rings. The number of carbonyl (C=O) groups excluding carboxylic acids is 2. The lowest BCUT2D eigenvalue weighted by atomic mass is 10.0. The number of aryl methyl sites for hydroxylation is 1. The average Bonchev–Trinajstić information content (AvgIpc) is 3.01. The van der Waals surface area contributed by atoms with Gasteiger partial charge in [0.25, 0.3) is 5.91 Å². The molecule has 4 nitrogen and oxygen atoms in total. The van der Waals surface area contributed by atoms with Gasteiger partial charge in [0.1, 0.15) is 6.04 Å². The van der Waals surface area contributed by atoms with Gasteiger partial charge in [-0.2, -0.15) is 0 Å². The van der Waals surface area contributed by atoms with Crippen LogP contribution in [0.5, 0.6) is 0 Å². The Labute approximate surface area is 164 Å². The minimum Gasteiger partial charge on any atom is -0.350 e. The van der Waals surface area contributed by atoms with Crippen molar-refractivity contribution in [3.8, 4) is 0 Å². The smallest absolute Gasteiger partial charge is 0.255 e. The van der Waals surface area contributed by atoms with Gasteiger partial charge in [-0.25, -0.2) is 0 Å². The number of nitrogens with zero attached hydrogens (tertiary/aromatic N) is 1. The van der Waals surface area contributed by atoms with E-state index in [4.69, 9.17) is 0 Å². The molecule has 1 atom stereocenters. The summed E-state index contributed by atoms with van der Waals surface area (Å²) in [6, 6.07) is 24.5. The molecule has 1 unspecified atom stereocenters. The molecule has 0 radical (unpaired) electrons. The molecule has 1 aliphatic rings. The summed E-state index contributed by atoms with van der Waals surface area (Å²) in [5.74, 6) is -0.255. The Morgan fingerprint density at radius 3 is 2.39 bits per heavy atom. The molecule has 3 aromatic carbocycles. The molecular weight excluding hydrogens is 348 g/mol. The number of carbonyl (C=O) groups is 2. The summed E-state index contributed by atoms with van der Waals surface area (Å²) in [4.78, 5) is 27.8. The summed E-state index contributed by atoms with van der Waals surface area (Å²) >= 11 is 0. The Hall–Kier alpha value is -3.40. The summed E-state index contributed by atoms with van der Waals surface area (Å²) in [5, 5.41) is 3.00. The van der Waals surface area contributed by atoms with Gasteiger partial charge < -0.3 is 10.2 Å². The van der Waals surface area contributed by atoms with Gasteiger partial charge in [-0.3, -0.25) is 9.59 Å². The minimum atomic E-state index is -0.619. The van der Waals surface area contributed by atoms with Crippen molar-refractivity contribution in [3.05, 3.63) is 107 Å². The molecule has 0 bridgehead atoms. The molecule has 28 heavy (non-hydrogen) atoms. The second-order valence-corrected chi connectivity index (χ2v) is 7.05. The maximum absolute atomic E-state index is 13.1. The van der Waals surface area contributed by atoms with E-state index in [1.165, 1.54) is 0 Å². The first-order valence-electron chi connectivity index (χ1n) is 9.41. The monoisotopic (exact) mass is 370 g/mol.